The number of carbonyl (C=O) groups is 1. The van der Waals surface area contributed by atoms with Crippen LogP contribution in [-0.2, 0) is 4.74 Å². The monoisotopic (exact) mass is 319 g/mol. The van der Waals surface area contributed by atoms with Crippen LogP contribution in [0.4, 0.5) is 10.1 Å². The third-order valence-electron chi connectivity index (χ3n) is 3.86. The summed E-state index contributed by atoms with van der Waals surface area (Å²) in [6.45, 7) is 4.66. The Morgan fingerprint density at radius 1 is 1.36 bits per heavy atom. The molecule has 2 heterocycles. The molecule has 1 aliphatic heterocycles. The van der Waals surface area contributed by atoms with Gasteiger partial charge in [0, 0.05) is 13.1 Å². The van der Waals surface area contributed by atoms with Gasteiger partial charge in [-0.25, -0.2) is 4.39 Å². The number of thiophene rings is 1. The van der Waals surface area contributed by atoms with Crippen molar-refractivity contribution < 1.29 is 13.9 Å². The number of morpholine rings is 1. The number of ether oxygens (including phenoxy) is 1. The molecule has 1 saturated heterocycles. The van der Waals surface area contributed by atoms with Crippen molar-refractivity contribution in [3.05, 3.63) is 52.0 Å². The van der Waals surface area contributed by atoms with Gasteiger partial charge in [-0.05, 0) is 48.4 Å². The maximum Gasteiger partial charge on any atom is 0.164 e. The minimum Gasteiger partial charge on any atom is -0.367 e. The van der Waals surface area contributed by atoms with Crippen molar-refractivity contribution in [1.29, 1.82) is 0 Å². The first kappa shape index (κ1) is 15.2. The van der Waals surface area contributed by atoms with E-state index in [4.69, 9.17) is 4.74 Å². The summed E-state index contributed by atoms with van der Waals surface area (Å²) < 4.78 is 20.0. The van der Waals surface area contributed by atoms with E-state index in [1.165, 1.54) is 13.0 Å². The van der Waals surface area contributed by atoms with Crippen LogP contribution in [-0.4, -0.2) is 25.0 Å². The number of nitrogens with zero attached hydrogens (tertiary/aromatic N) is 1. The molecule has 1 aliphatic rings. The summed E-state index contributed by atoms with van der Waals surface area (Å²) in [6.07, 6.45) is -0.0419. The molecule has 3 rings (SSSR count). The van der Waals surface area contributed by atoms with Crippen LogP contribution in [0, 0.1) is 5.82 Å². The standard InChI is InChI=1S/C17H18FNO2S/c1-11-8-19(9-16(21-11)13-6-7-22-10-13)15-5-3-4-14(18)17(15)12(2)20/h3-7,10-11,16H,8-9H2,1-2H3/t11-,16-/m1/s1. The largest absolute Gasteiger partial charge is 0.367 e. The highest BCUT2D eigenvalue weighted by atomic mass is 32.1. The van der Waals surface area contributed by atoms with Gasteiger partial charge < -0.3 is 9.64 Å². The van der Waals surface area contributed by atoms with Crippen LogP contribution in [0.5, 0.6) is 0 Å². The Kier molecular flexibility index (Phi) is 4.27. The highest BCUT2D eigenvalue weighted by molar-refractivity contribution is 7.07. The molecule has 2 aromatic rings. The van der Waals surface area contributed by atoms with Crippen molar-refractivity contribution >= 4 is 22.8 Å². The molecule has 0 N–H and O–H groups in total. The second-order valence-corrected chi connectivity index (χ2v) is 6.37. The first-order valence-electron chi connectivity index (χ1n) is 7.28. The van der Waals surface area contributed by atoms with E-state index in [1.807, 2.05) is 24.4 Å². The molecule has 0 spiro atoms. The smallest absolute Gasteiger partial charge is 0.164 e. The highest BCUT2D eigenvalue weighted by Crippen LogP contribution is 2.32. The number of ketones is 1. The summed E-state index contributed by atoms with van der Waals surface area (Å²) in [5.74, 6) is -0.712. The molecule has 0 radical (unpaired) electrons. The Hall–Kier alpha value is -1.72. The van der Waals surface area contributed by atoms with Gasteiger partial charge in [-0.3, -0.25) is 4.79 Å². The Morgan fingerprint density at radius 3 is 2.86 bits per heavy atom. The molecule has 3 nitrogen and oxygen atoms in total. The first-order valence-corrected chi connectivity index (χ1v) is 8.22. The van der Waals surface area contributed by atoms with Crippen molar-refractivity contribution in [2.75, 3.05) is 18.0 Å². The third kappa shape index (κ3) is 2.91. The number of halogens is 1. The van der Waals surface area contributed by atoms with Crippen molar-refractivity contribution in [2.45, 2.75) is 26.1 Å². The molecule has 116 valence electrons. The van der Waals surface area contributed by atoms with Crippen LogP contribution in [0.1, 0.15) is 35.9 Å². The normalized spacial score (nSPS) is 21.9. The Bertz CT molecular complexity index is 671. The van der Waals surface area contributed by atoms with E-state index < -0.39 is 5.82 Å². The van der Waals surface area contributed by atoms with Crippen LogP contribution < -0.4 is 4.90 Å². The van der Waals surface area contributed by atoms with Crippen molar-refractivity contribution in [2.24, 2.45) is 0 Å². The van der Waals surface area contributed by atoms with E-state index >= 15 is 0 Å². The molecule has 5 heteroatoms. The number of Topliss-reactive ketones (excluding diaryl/α,β-unsaturated/α-hetero) is 1. The average molecular weight is 319 g/mol. The zero-order valence-corrected chi connectivity index (χ0v) is 13.4. The van der Waals surface area contributed by atoms with Crippen molar-refractivity contribution in [3.63, 3.8) is 0 Å². The van der Waals surface area contributed by atoms with E-state index in [-0.39, 0.29) is 23.6 Å². The molecule has 0 amide bonds. The van der Waals surface area contributed by atoms with Gasteiger partial charge in [-0.1, -0.05) is 6.07 Å². The molecule has 1 fully saturated rings. The van der Waals surface area contributed by atoms with Gasteiger partial charge in [-0.2, -0.15) is 11.3 Å². The van der Waals surface area contributed by atoms with E-state index in [0.717, 1.165) is 5.56 Å². The van der Waals surface area contributed by atoms with Crippen LogP contribution in [0.25, 0.3) is 0 Å². The molecule has 1 aromatic carbocycles. The van der Waals surface area contributed by atoms with E-state index in [2.05, 4.69) is 10.3 Å². The second kappa shape index (κ2) is 6.18. The lowest BCUT2D eigenvalue weighted by molar-refractivity contribution is -0.0172. The second-order valence-electron chi connectivity index (χ2n) is 5.59. The first-order chi connectivity index (χ1) is 10.6. The summed E-state index contributed by atoms with van der Waals surface area (Å²) >= 11 is 1.63. The van der Waals surface area contributed by atoms with Crippen LogP contribution in [0.15, 0.2) is 35.0 Å². The fourth-order valence-corrected chi connectivity index (χ4v) is 3.62. The molecule has 1 aromatic heterocycles. The number of carbonyl (C=O) groups excluding carboxylic acids is 1. The SMILES string of the molecule is CC(=O)c1c(F)cccc1N1C[C@@H](C)O[C@@H](c2ccsc2)C1. The summed E-state index contributed by atoms with van der Waals surface area (Å²) in [6, 6.07) is 6.84. The molecule has 0 saturated carbocycles. The summed E-state index contributed by atoms with van der Waals surface area (Å²) in [4.78, 5) is 13.9. The van der Waals surface area contributed by atoms with E-state index in [0.29, 0.717) is 18.8 Å². The fraction of sp³-hybridized carbons (Fsp3) is 0.353. The third-order valence-corrected chi connectivity index (χ3v) is 4.56. The quantitative estimate of drug-likeness (QED) is 0.799. The lowest BCUT2D eigenvalue weighted by Crippen LogP contribution is -2.43. The average Bonchev–Trinajstić information content (AvgIpc) is 3.00. The minimum absolute atomic E-state index is 0.0155. The number of rotatable bonds is 3. The molecular weight excluding hydrogens is 301 g/mol. The van der Waals surface area contributed by atoms with Gasteiger partial charge >= 0.3 is 0 Å². The van der Waals surface area contributed by atoms with Crippen molar-refractivity contribution in [1.82, 2.24) is 0 Å². The van der Waals surface area contributed by atoms with Gasteiger partial charge in [0.1, 0.15) is 11.9 Å². The van der Waals surface area contributed by atoms with E-state index in [9.17, 15) is 9.18 Å². The molecule has 22 heavy (non-hydrogen) atoms. The lowest BCUT2D eigenvalue weighted by atomic mass is 10.0. The maximum atomic E-state index is 14.0. The van der Waals surface area contributed by atoms with Gasteiger partial charge in [0.15, 0.2) is 5.78 Å². The van der Waals surface area contributed by atoms with Crippen LogP contribution in [0.2, 0.25) is 0 Å². The Labute approximate surface area is 133 Å². The molecule has 0 unspecified atom stereocenters. The van der Waals surface area contributed by atoms with Gasteiger partial charge in [0.2, 0.25) is 0 Å². The predicted octanol–water partition coefficient (Wildman–Crippen LogP) is 4.06. The summed E-state index contributed by atoms with van der Waals surface area (Å²) in [5, 5.41) is 4.09. The van der Waals surface area contributed by atoms with Gasteiger partial charge in [0.05, 0.1) is 17.4 Å². The Morgan fingerprint density at radius 2 is 2.18 bits per heavy atom. The Balaban J connectivity index is 1.94. The number of anilines is 1. The van der Waals surface area contributed by atoms with Crippen LogP contribution in [0.3, 0.4) is 0 Å². The zero-order chi connectivity index (χ0) is 15.7. The number of hydrogen-bond donors (Lipinski definition) is 0. The van der Waals surface area contributed by atoms with Gasteiger partial charge in [-0.15, -0.1) is 0 Å². The highest BCUT2D eigenvalue weighted by Gasteiger charge is 2.29. The molecule has 0 aliphatic carbocycles. The lowest BCUT2D eigenvalue weighted by Gasteiger charge is -2.38. The summed E-state index contributed by atoms with van der Waals surface area (Å²) in [5.41, 5.74) is 1.95. The number of benzene rings is 1. The molecular formula is C17H18FNO2S. The summed E-state index contributed by atoms with van der Waals surface area (Å²) in [7, 11) is 0. The maximum absolute atomic E-state index is 14.0. The minimum atomic E-state index is -0.462. The molecule has 0 bridgehead atoms. The van der Waals surface area contributed by atoms with Gasteiger partial charge in [0.25, 0.3) is 0 Å². The number of hydrogen-bond acceptors (Lipinski definition) is 4. The molecule has 2 atom stereocenters. The predicted molar refractivity (Wildman–Crippen MR) is 86.2 cm³/mol. The van der Waals surface area contributed by atoms with Crippen molar-refractivity contribution in [3.8, 4) is 0 Å². The van der Waals surface area contributed by atoms with Crippen LogP contribution >= 0.6 is 11.3 Å². The van der Waals surface area contributed by atoms with E-state index in [1.54, 1.807) is 17.4 Å². The zero-order valence-electron chi connectivity index (χ0n) is 12.6. The fourth-order valence-electron chi connectivity index (χ4n) is 2.92. The topological polar surface area (TPSA) is 29.5 Å².